The molecule has 2 heterocycles. The van der Waals surface area contributed by atoms with Gasteiger partial charge >= 0.3 is 0 Å². The summed E-state index contributed by atoms with van der Waals surface area (Å²) in [5.41, 5.74) is 0.847. The first-order chi connectivity index (χ1) is 13.0. The van der Waals surface area contributed by atoms with Gasteiger partial charge in [-0.25, -0.2) is 4.98 Å². The van der Waals surface area contributed by atoms with Crippen LogP contribution in [0.2, 0.25) is 0 Å². The highest BCUT2D eigenvalue weighted by atomic mass is 32.2. The van der Waals surface area contributed by atoms with Gasteiger partial charge in [0.2, 0.25) is 0 Å². The number of benzene rings is 1. The van der Waals surface area contributed by atoms with Gasteiger partial charge in [0.05, 0.1) is 10.6 Å². The number of alkyl halides is 2. The number of thiazole rings is 1. The van der Waals surface area contributed by atoms with E-state index in [-0.39, 0.29) is 5.57 Å². The molecular formula is C18H11F2N3OS3. The van der Waals surface area contributed by atoms with Crippen LogP contribution in [-0.2, 0) is 4.79 Å². The lowest BCUT2D eigenvalue weighted by Gasteiger charge is -2.05. The Morgan fingerprint density at radius 2 is 2.04 bits per heavy atom. The van der Waals surface area contributed by atoms with Crippen molar-refractivity contribution in [3.8, 4) is 16.0 Å². The number of thiophene rings is 1. The van der Waals surface area contributed by atoms with Gasteiger partial charge in [-0.05, 0) is 41.8 Å². The number of hydrogen-bond donors (Lipinski definition) is 1. The summed E-state index contributed by atoms with van der Waals surface area (Å²) in [6.07, 6.45) is 1.42. The van der Waals surface area contributed by atoms with E-state index >= 15 is 0 Å². The predicted molar refractivity (Wildman–Crippen MR) is 106 cm³/mol. The summed E-state index contributed by atoms with van der Waals surface area (Å²) < 4.78 is 24.7. The maximum atomic E-state index is 12.3. The van der Waals surface area contributed by atoms with Crippen LogP contribution in [0, 0.1) is 11.3 Å². The summed E-state index contributed by atoms with van der Waals surface area (Å²) in [4.78, 5) is 18.1. The molecule has 0 aliphatic rings. The Morgan fingerprint density at radius 1 is 1.26 bits per heavy atom. The third-order valence-corrected chi connectivity index (χ3v) is 5.87. The Morgan fingerprint density at radius 3 is 2.67 bits per heavy atom. The van der Waals surface area contributed by atoms with Crippen LogP contribution in [0.25, 0.3) is 16.0 Å². The molecule has 0 saturated heterocycles. The van der Waals surface area contributed by atoms with Gasteiger partial charge in [0, 0.05) is 16.0 Å². The number of rotatable bonds is 6. The molecule has 9 heteroatoms. The zero-order valence-electron chi connectivity index (χ0n) is 13.6. The van der Waals surface area contributed by atoms with Gasteiger partial charge in [0.25, 0.3) is 11.7 Å². The lowest BCUT2D eigenvalue weighted by molar-refractivity contribution is -0.112. The van der Waals surface area contributed by atoms with Crippen LogP contribution in [0.3, 0.4) is 0 Å². The highest BCUT2D eigenvalue weighted by Crippen LogP contribution is 2.29. The van der Waals surface area contributed by atoms with Crippen LogP contribution in [0.4, 0.5) is 14.5 Å². The van der Waals surface area contributed by atoms with Crippen molar-refractivity contribution in [3.63, 3.8) is 0 Å². The van der Waals surface area contributed by atoms with Crippen molar-refractivity contribution in [3.05, 3.63) is 58.4 Å². The van der Waals surface area contributed by atoms with Crippen molar-refractivity contribution < 1.29 is 13.6 Å². The predicted octanol–water partition coefficient (Wildman–Crippen LogP) is 5.73. The van der Waals surface area contributed by atoms with Crippen LogP contribution in [0.15, 0.2) is 57.6 Å². The zero-order valence-corrected chi connectivity index (χ0v) is 16.0. The van der Waals surface area contributed by atoms with Crippen molar-refractivity contribution in [1.29, 1.82) is 5.26 Å². The minimum Gasteiger partial charge on any atom is -0.321 e. The maximum absolute atomic E-state index is 12.3. The van der Waals surface area contributed by atoms with Gasteiger partial charge in [0.1, 0.15) is 16.6 Å². The third-order valence-electron chi connectivity index (χ3n) is 3.25. The minimum absolute atomic E-state index is 0.0935. The summed E-state index contributed by atoms with van der Waals surface area (Å²) in [5, 5.41) is 16.4. The van der Waals surface area contributed by atoms with Gasteiger partial charge in [-0.1, -0.05) is 17.8 Å². The third kappa shape index (κ3) is 5.23. The maximum Gasteiger partial charge on any atom is 0.288 e. The number of amides is 1. The highest BCUT2D eigenvalue weighted by molar-refractivity contribution is 7.99. The van der Waals surface area contributed by atoms with Crippen LogP contribution in [0.5, 0.6) is 0 Å². The first-order valence-corrected chi connectivity index (χ1v) is 10.2. The van der Waals surface area contributed by atoms with Gasteiger partial charge < -0.3 is 5.32 Å². The molecule has 3 rings (SSSR count). The molecule has 0 aliphatic carbocycles. The van der Waals surface area contributed by atoms with E-state index in [1.54, 1.807) is 16.7 Å². The van der Waals surface area contributed by atoms with E-state index in [0.29, 0.717) is 28.0 Å². The summed E-state index contributed by atoms with van der Waals surface area (Å²) in [6.45, 7) is 0. The average molecular weight is 420 g/mol. The molecule has 1 aromatic carbocycles. The Balaban J connectivity index is 1.70. The van der Waals surface area contributed by atoms with Gasteiger partial charge in [-0.15, -0.1) is 22.7 Å². The molecule has 1 N–H and O–H groups in total. The number of nitrogens with zero attached hydrogens (tertiary/aromatic N) is 2. The summed E-state index contributed by atoms with van der Waals surface area (Å²) >= 11 is 3.42. The van der Waals surface area contributed by atoms with Gasteiger partial charge in [-0.2, -0.15) is 14.0 Å². The first-order valence-electron chi connectivity index (χ1n) is 7.52. The fourth-order valence-electron chi connectivity index (χ4n) is 2.08. The number of halogens is 2. The van der Waals surface area contributed by atoms with E-state index in [2.05, 4.69) is 10.3 Å². The van der Waals surface area contributed by atoms with E-state index in [0.717, 1.165) is 9.88 Å². The SMILES string of the molecule is N#C/C(=C/c1csc(-c2cccs2)n1)C(=O)Nc1ccc(SC(F)F)cc1. The van der Waals surface area contributed by atoms with Gasteiger partial charge in [0.15, 0.2) is 0 Å². The fraction of sp³-hybridized carbons (Fsp3) is 0.0556. The number of carbonyl (C=O) groups is 1. The zero-order chi connectivity index (χ0) is 19.2. The van der Waals surface area contributed by atoms with Crippen LogP contribution in [-0.4, -0.2) is 16.6 Å². The molecule has 0 unspecified atom stereocenters. The molecule has 2 aromatic heterocycles. The fourth-order valence-corrected chi connectivity index (χ4v) is 4.17. The van der Waals surface area contributed by atoms with Crippen LogP contribution >= 0.6 is 34.4 Å². The Hall–Kier alpha value is -2.54. The van der Waals surface area contributed by atoms with E-state index in [9.17, 15) is 18.8 Å². The Bertz CT molecular complexity index is 990. The first kappa shape index (κ1) is 19.2. The molecule has 4 nitrogen and oxygen atoms in total. The quantitative estimate of drug-likeness (QED) is 0.315. The molecule has 0 aliphatic heterocycles. The number of carbonyl (C=O) groups excluding carboxylic acids is 1. The summed E-state index contributed by atoms with van der Waals surface area (Å²) in [6, 6.07) is 11.7. The van der Waals surface area contributed by atoms with E-state index < -0.39 is 11.7 Å². The Kier molecular flexibility index (Phi) is 6.34. The van der Waals surface area contributed by atoms with E-state index in [1.807, 2.05) is 23.6 Å². The van der Waals surface area contributed by atoms with E-state index in [4.69, 9.17) is 0 Å². The number of hydrogen-bond acceptors (Lipinski definition) is 6. The van der Waals surface area contributed by atoms with Crippen LogP contribution in [0.1, 0.15) is 5.69 Å². The van der Waals surface area contributed by atoms with Crippen LogP contribution < -0.4 is 5.32 Å². The smallest absolute Gasteiger partial charge is 0.288 e. The summed E-state index contributed by atoms with van der Waals surface area (Å²) in [5.74, 6) is -3.09. The molecule has 0 spiro atoms. The number of nitriles is 1. The largest absolute Gasteiger partial charge is 0.321 e. The second-order valence-corrected chi connectivity index (χ2v) is 7.95. The molecular weight excluding hydrogens is 408 g/mol. The van der Waals surface area contributed by atoms with Crippen molar-refractivity contribution in [1.82, 2.24) is 4.98 Å². The standard InChI is InChI=1S/C18H11F2N3OS3/c19-18(20)27-14-5-3-12(4-6-14)22-16(24)11(9-21)8-13-10-26-17(23-13)15-2-1-7-25-15/h1-8,10,18H,(H,22,24)/b11-8-. The average Bonchev–Trinajstić information content (AvgIpc) is 3.32. The van der Waals surface area contributed by atoms with Crippen molar-refractivity contribution in [2.45, 2.75) is 10.7 Å². The summed E-state index contributed by atoms with van der Waals surface area (Å²) in [7, 11) is 0. The normalized spacial score (nSPS) is 11.4. The topological polar surface area (TPSA) is 65.8 Å². The van der Waals surface area contributed by atoms with E-state index in [1.165, 1.54) is 41.7 Å². The number of anilines is 1. The molecule has 27 heavy (non-hydrogen) atoms. The number of thioether (sulfide) groups is 1. The number of nitrogens with one attached hydrogen (secondary N) is 1. The minimum atomic E-state index is -2.50. The lowest BCUT2D eigenvalue weighted by atomic mass is 10.2. The van der Waals surface area contributed by atoms with Crippen molar-refractivity contribution >= 4 is 52.1 Å². The highest BCUT2D eigenvalue weighted by Gasteiger charge is 2.12. The number of aromatic nitrogens is 1. The molecule has 0 saturated carbocycles. The monoisotopic (exact) mass is 419 g/mol. The molecule has 0 fully saturated rings. The van der Waals surface area contributed by atoms with Gasteiger partial charge in [-0.3, -0.25) is 4.79 Å². The molecule has 136 valence electrons. The molecule has 0 bridgehead atoms. The Labute approximate surface area is 166 Å². The molecule has 1 amide bonds. The lowest BCUT2D eigenvalue weighted by Crippen LogP contribution is -2.13. The van der Waals surface area contributed by atoms with Crippen molar-refractivity contribution in [2.75, 3.05) is 5.32 Å². The second-order valence-electron chi connectivity index (χ2n) is 5.08. The second kappa shape index (κ2) is 8.90. The van der Waals surface area contributed by atoms with Crippen molar-refractivity contribution in [2.24, 2.45) is 0 Å². The molecule has 3 aromatic rings. The molecule has 0 atom stereocenters. The molecule has 0 radical (unpaired) electrons.